The molecule has 1 aliphatic carbocycles. The third kappa shape index (κ3) is 3.37. The third-order valence-corrected chi connectivity index (χ3v) is 5.61. The number of alkyl halides is 3. The first kappa shape index (κ1) is 17.8. The molecule has 0 bridgehead atoms. The quantitative estimate of drug-likeness (QED) is 0.860. The molecule has 25 heavy (non-hydrogen) atoms. The highest BCUT2D eigenvalue weighted by atomic mass is 32.2. The number of benzene rings is 1. The molecule has 0 saturated heterocycles. The van der Waals surface area contributed by atoms with Crippen molar-refractivity contribution in [2.24, 2.45) is 5.92 Å². The highest BCUT2D eigenvalue weighted by molar-refractivity contribution is 7.93. The Hall–Kier alpha value is -2.03. The average Bonchev–Trinajstić information content (AvgIpc) is 2.95. The van der Waals surface area contributed by atoms with Crippen LogP contribution in [0.3, 0.4) is 0 Å². The van der Waals surface area contributed by atoms with Crippen LogP contribution >= 0.6 is 0 Å². The lowest BCUT2D eigenvalue weighted by atomic mass is 9.73. The lowest BCUT2D eigenvalue weighted by molar-refractivity contribution is -0.0429. The lowest BCUT2D eigenvalue weighted by Gasteiger charge is -2.31. The van der Waals surface area contributed by atoms with Crippen molar-refractivity contribution in [3.63, 3.8) is 0 Å². The Balaban J connectivity index is 1.98. The molecule has 1 aromatic heterocycles. The molecule has 2 unspecified atom stereocenters. The molecule has 0 spiro atoms. The number of sulfonamides is 1. The minimum Gasteiger partial charge on any atom is -0.360 e. The van der Waals surface area contributed by atoms with Gasteiger partial charge in [0.05, 0.1) is 5.69 Å². The molecule has 1 fully saturated rings. The van der Waals surface area contributed by atoms with Gasteiger partial charge in [0.2, 0.25) is 0 Å². The first-order valence-electron chi connectivity index (χ1n) is 7.75. The summed E-state index contributed by atoms with van der Waals surface area (Å²) in [6, 6.07) is 6.04. The molecule has 1 heterocycles. The second kappa shape index (κ2) is 6.05. The highest BCUT2D eigenvalue weighted by Gasteiger charge is 2.46. The number of hydrogen-bond donors (Lipinski definition) is 1. The summed E-state index contributed by atoms with van der Waals surface area (Å²) in [5, 5.41) is 3.93. The topological polar surface area (TPSA) is 72.2 Å². The van der Waals surface area contributed by atoms with Gasteiger partial charge in [-0.3, -0.25) is 4.72 Å². The smallest absolute Gasteiger partial charge is 0.360 e. The van der Waals surface area contributed by atoms with Crippen molar-refractivity contribution in [2.45, 2.75) is 38.1 Å². The zero-order valence-corrected chi connectivity index (χ0v) is 14.4. The van der Waals surface area contributed by atoms with Gasteiger partial charge >= 0.3 is 15.5 Å². The number of nitrogens with zero attached hydrogens (tertiary/aromatic N) is 1. The van der Waals surface area contributed by atoms with Gasteiger partial charge in [-0.1, -0.05) is 23.7 Å². The highest BCUT2D eigenvalue weighted by Crippen LogP contribution is 2.43. The summed E-state index contributed by atoms with van der Waals surface area (Å²) in [4.78, 5) is 0. The monoisotopic (exact) mass is 374 g/mol. The summed E-state index contributed by atoms with van der Waals surface area (Å²) in [5.41, 5.74) is -4.28. The normalized spacial score (nSPS) is 21.0. The molecule has 0 radical (unpaired) electrons. The second-order valence-corrected chi connectivity index (χ2v) is 8.05. The summed E-state index contributed by atoms with van der Waals surface area (Å²) in [6.45, 7) is 3.84. The fourth-order valence-electron chi connectivity index (χ4n) is 2.84. The molecule has 1 N–H and O–H groups in total. The van der Waals surface area contributed by atoms with Gasteiger partial charge in [-0.2, -0.15) is 21.6 Å². The molecule has 0 aliphatic heterocycles. The third-order valence-electron chi connectivity index (χ3n) is 4.51. The van der Waals surface area contributed by atoms with Gasteiger partial charge in [0.15, 0.2) is 0 Å². The molecular weight excluding hydrogens is 357 g/mol. The first-order chi connectivity index (χ1) is 11.6. The van der Waals surface area contributed by atoms with Gasteiger partial charge in [-0.25, -0.2) is 0 Å². The average molecular weight is 374 g/mol. The summed E-state index contributed by atoms with van der Waals surface area (Å²) >= 11 is 0. The molecule has 1 aliphatic rings. The van der Waals surface area contributed by atoms with E-state index in [1.165, 1.54) is 12.1 Å². The van der Waals surface area contributed by atoms with Crippen LogP contribution in [0.1, 0.15) is 37.0 Å². The van der Waals surface area contributed by atoms with Gasteiger partial charge in [0.25, 0.3) is 0 Å². The van der Waals surface area contributed by atoms with E-state index in [0.29, 0.717) is 17.4 Å². The number of aryl methyl sites for hydroxylation is 1. The van der Waals surface area contributed by atoms with Crippen molar-refractivity contribution in [1.29, 1.82) is 0 Å². The fourth-order valence-corrected chi connectivity index (χ4v) is 3.43. The molecule has 0 amide bonds. The van der Waals surface area contributed by atoms with Crippen molar-refractivity contribution in [1.82, 2.24) is 5.16 Å². The van der Waals surface area contributed by atoms with E-state index < -0.39 is 15.5 Å². The van der Waals surface area contributed by atoms with E-state index in [4.69, 9.17) is 4.52 Å². The minimum absolute atomic E-state index is 0.190. The first-order valence-corrected chi connectivity index (χ1v) is 9.23. The maximum Gasteiger partial charge on any atom is 0.516 e. The molecule has 136 valence electrons. The van der Waals surface area contributed by atoms with Crippen LogP contribution in [0, 0.1) is 12.8 Å². The standard InChI is InChI=1S/C16H17F3N2O3S/c1-9-3-6-13(21-25(22,23)16(17,18)19)12(7-9)14-8-15(24-20-14)11-5-4-10(11)2/h3,6-8,10-11,21H,4-5H2,1-2H3. The van der Waals surface area contributed by atoms with E-state index in [1.807, 2.05) is 0 Å². The molecule has 2 atom stereocenters. The molecule has 5 nitrogen and oxygen atoms in total. The summed E-state index contributed by atoms with van der Waals surface area (Å²) in [7, 11) is -5.51. The van der Waals surface area contributed by atoms with Crippen LogP contribution in [0.2, 0.25) is 0 Å². The van der Waals surface area contributed by atoms with Crippen molar-refractivity contribution < 1.29 is 26.1 Å². The van der Waals surface area contributed by atoms with Crippen LogP contribution in [-0.2, 0) is 10.0 Å². The van der Waals surface area contributed by atoms with E-state index in [0.717, 1.165) is 18.4 Å². The van der Waals surface area contributed by atoms with Crippen LogP contribution < -0.4 is 4.72 Å². The molecule has 2 aromatic rings. The number of anilines is 1. The summed E-state index contributed by atoms with van der Waals surface area (Å²) < 4.78 is 67.7. The Morgan fingerprint density at radius 2 is 1.96 bits per heavy atom. The maximum atomic E-state index is 12.7. The molecule has 9 heteroatoms. The van der Waals surface area contributed by atoms with Gasteiger partial charge in [-0.15, -0.1) is 0 Å². The van der Waals surface area contributed by atoms with E-state index in [9.17, 15) is 21.6 Å². The number of nitrogens with one attached hydrogen (secondary N) is 1. The predicted molar refractivity (Wildman–Crippen MR) is 86.4 cm³/mol. The Bertz CT molecular complexity index is 890. The largest absolute Gasteiger partial charge is 0.516 e. The second-order valence-electron chi connectivity index (χ2n) is 6.38. The maximum absolute atomic E-state index is 12.7. The van der Waals surface area contributed by atoms with Crippen LogP contribution in [0.15, 0.2) is 28.8 Å². The van der Waals surface area contributed by atoms with Gasteiger partial charge < -0.3 is 4.52 Å². The summed E-state index contributed by atoms with van der Waals surface area (Å²) in [6.07, 6.45) is 2.05. The zero-order chi connectivity index (χ0) is 18.4. The van der Waals surface area contributed by atoms with Crippen molar-refractivity contribution >= 4 is 15.7 Å². The van der Waals surface area contributed by atoms with Gasteiger partial charge in [-0.05, 0) is 37.8 Å². The van der Waals surface area contributed by atoms with Crippen molar-refractivity contribution in [3.8, 4) is 11.3 Å². The Morgan fingerprint density at radius 3 is 2.52 bits per heavy atom. The van der Waals surface area contributed by atoms with Gasteiger partial charge in [0, 0.05) is 17.5 Å². The van der Waals surface area contributed by atoms with E-state index >= 15 is 0 Å². The van der Waals surface area contributed by atoms with Gasteiger partial charge in [0.1, 0.15) is 11.5 Å². The number of aromatic nitrogens is 1. The number of rotatable bonds is 4. The van der Waals surface area contributed by atoms with Crippen LogP contribution in [0.5, 0.6) is 0 Å². The van der Waals surface area contributed by atoms with Crippen LogP contribution in [0.25, 0.3) is 11.3 Å². The summed E-state index contributed by atoms with van der Waals surface area (Å²) in [5.74, 6) is 1.36. The van der Waals surface area contributed by atoms with E-state index in [2.05, 4.69) is 12.1 Å². The fraction of sp³-hybridized carbons (Fsp3) is 0.438. The minimum atomic E-state index is -5.51. The molecule has 3 rings (SSSR count). The Kier molecular flexibility index (Phi) is 4.30. The van der Waals surface area contributed by atoms with E-state index in [-0.39, 0.29) is 17.2 Å². The van der Waals surface area contributed by atoms with Crippen LogP contribution in [-0.4, -0.2) is 19.1 Å². The molecule has 1 saturated carbocycles. The predicted octanol–water partition coefficient (Wildman–Crippen LogP) is 4.43. The molecular formula is C16H17F3N2O3S. The van der Waals surface area contributed by atoms with Crippen molar-refractivity contribution in [2.75, 3.05) is 4.72 Å². The Labute approximate surface area is 143 Å². The number of halogens is 3. The van der Waals surface area contributed by atoms with E-state index in [1.54, 1.807) is 23.8 Å². The number of hydrogen-bond acceptors (Lipinski definition) is 4. The van der Waals surface area contributed by atoms with Crippen molar-refractivity contribution in [3.05, 3.63) is 35.6 Å². The lowest BCUT2D eigenvalue weighted by Crippen LogP contribution is -2.30. The van der Waals surface area contributed by atoms with Crippen LogP contribution in [0.4, 0.5) is 18.9 Å². The Morgan fingerprint density at radius 1 is 1.24 bits per heavy atom. The SMILES string of the molecule is Cc1ccc(NS(=O)(=O)C(F)(F)F)c(-c2cc(C3CCC3C)on2)c1. The molecule has 1 aromatic carbocycles. The zero-order valence-electron chi connectivity index (χ0n) is 13.6.